The van der Waals surface area contributed by atoms with E-state index in [-0.39, 0.29) is 0 Å². The van der Waals surface area contributed by atoms with Crippen LogP contribution in [-0.4, -0.2) is 23.5 Å². The van der Waals surface area contributed by atoms with Crippen LogP contribution in [0.25, 0.3) is 0 Å². The predicted molar refractivity (Wildman–Crippen MR) is 61.3 cm³/mol. The minimum absolute atomic E-state index is 0.754. The summed E-state index contributed by atoms with van der Waals surface area (Å²) in [6.07, 6.45) is 4.47. The van der Waals surface area contributed by atoms with Crippen LogP contribution in [0.5, 0.6) is 0 Å². The first-order valence-corrected chi connectivity index (χ1v) is 6.35. The first kappa shape index (κ1) is 10.5. The van der Waals surface area contributed by atoms with E-state index in [1.807, 2.05) is 0 Å². The molecule has 3 rings (SSSR count). The molecule has 14 heavy (non-hydrogen) atoms. The van der Waals surface area contributed by atoms with Gasteiger partial charge in [0.25, 0.3) is 0 Å². The standard InChI is InChI=1S/C13H25N/c1-9(2)12-7-11-5-6-13(12)14(8-11)10(3)4/h9-13H,5-8H2,1-4H3/t11?,12-,13?/m0/s1. The molecule has 82 valence electrons. The highest BCUT2D eigenvalue weighted by atomic mass is 15.2. The predicted octanol–water partition coefficient (Wildman–Crippen LogP) is 3.15. The zero-order valence-electron chi connectivity index (χ0n) is 10.2. The van der Waals surface area contributed by atoms with E-state index >= 15 is 0 Å². The minimum Gasteiger partial charge on any atom is -0.297 e. The zero-order chi connectivity index (χ0) is 10.3. The summed E-state index contributed by atoms with van der Waals surface area (Å²) in [5.41, 5.74) is 0. The van der Waals surface area contributed by atoms with Crippen molar-refractivity contribution in [1.29, 1.82) is 0 Å². The van der Waals surface area contributed by atoms with E-state index < -0.39 is 0 Å². The lowest BCUT2D eigenvalue weighted by atomic mass is 9.68. The van der Waals surface area contributed by atoms with Crippen molar-refractivity contribution in [2.24, 2.45) is 17.8 Å². The fourth-order valence-electron chi connectivity index (χ4n) is 3.60. The van der Waals surface area contributed by atoms with Crippen molar-refractivity contribution in [3.63, 3.8) is 0 Å². The molecule has 2 saturated heterocycles. The maximum Gasteiger partial charge on any atom is 0.0129 e. The van der Waals surface area contributed by atoms with Gasteiger partial charge in [0, 0.05) is 18.6 Å². The van der Waals surface area contributed by atoms with Crippen molar-refractivity contribution < 1.29 is 0 Å². The van der Waals surface area contributed by atoms with Gasteiger partial charge in [0.05, 0.1) is 0 Å². The first-order chi connectivity index (χ1) is 6.59. The van der Waals surface area contributed by atoms with Crippen LogP contribution in [-0.2, 0) is 0 Å². The number of hydrogen-bond acceptors (Lipinski definition) is 1. The molecule has 1 nitrogen and oxygen atoms in total. The van der Waals surface area contributed by atoms with Gasteiger partial charge in [0.15, 0.2) is 0 Å². The van der Waals surface area contributed by atoms with Crippen LogP contribution in [0.2, 0.25) is 0 Å². The van der Waals surface area contributed by atoms with Crippen molar-refractivity contribution in [3.8, 4) is 0 Å². The third-order valence-electron chi connectivity index (χ3n) is 4.39. The molecule has 2 bridgehead atoms. The van der Waals surface area contributed by atoms with Crippen LogP contribution < -0.4 is 0 Å². The van der Waals surface area contributed by atoms with Gasteiger partial charge in [0.1, 0.15) is 0 Å². The molecule has 0 aromatic heterocycles. The minimum atomic E-state index is 0.754. The Balaban J connectivity index is 2.11. The molecule has 3 aliphatic rings. The molecule has 2 aliphatic heterocycles. The fourth-order valence-corrected chi connectivity index (χ4v) is 3.60. The van der Waals surface area contributed by atoms with Crippen LogP contribution in [0.1, 0.15) is 47.0 Å². The quantitative estimate of drug-likeness (QED) is 0.654. The van der Waals surface area contributed by atoms with Gasteiger partial charge in [-0.1, -0.05) is 13.8 Å². The summed E-state index contributed by atoms with van der Waals surface area (Å²) in [7, 11) is 0. The molecular weight excluding hydrogens is 170 g/mol. The first-order valence-electron chi connectivity index (χ1n) is 6.35. The highest BCUT2D eigenvalue weighted by Crippen LogP contribution is 2.42. The van der Waals surface area contributed by atoms with Crippen LogP contribution in [0.3, 0.4) is 0 Å². The monoisotopic (exact) mass is 195 g/mol. The Morgan fingerprint density at radius 3 is 2.29 bits per heavy atom. The highest BCUT2D eigenvalue weighted by molar-refractivity contribution is 4.95. The van der Waals surface area contributed by atoms with Gasteiger partial charge in [-0.25, -0.2) is 0 Å². The molecule has 1 saturated carbocycles. The second-order valence-corrected chi connectivity index (χ2v) is 5.94. The Hall–Kier alpha value is -0.0400. The molecule has 0 amide bonds. The molecule has 3 atom stereocenters. The molecule has 1 heteroatoms. The van der Waals surface area contributed by atoms with Crippen molar-refractivity contribution in [1.82, 2.24) is 4.90 Å². The average molecular weight is 195 g/mol. The molecule has 2 unspecified atom stereocenters. The molecular formula is C13H25N. The summed E-state index contributed by atoms with van der Waals surface area (Å²) < 4.78 is 0. The largest absolute Gasteiger partial charge is 0.297 e. The van der Waals surface area contributed by atoms with Gasteiger partial charge in [-0.3, -0.25) is 4.90 Å². The smallest absolute Gasteiger partial charge is 0.0129 e. The van der Waals surface area contributed by atoms with Crippen LogP contribution in [0.4, 0.5) is 0 Å². The van der Waals surface area contributed by atoms with Gasteiger partial charge in [-0.15, -0.1) is 0 Å². The molecule has 0 radical (unpaired) electrons. The van der Waals surface area contributed by atoms with Crippen molar-refractivity contribution in [3.05, 3.63) is 0 Å². The van der Waals surface area contributed by atoms with E-state index in [4.69, 9.17) is 0 Å². The molecule has 0 aromatic carbocycles. The van der Waals surface area contributed by atoms with E-state index in [0.717, 1.165) is 29.8 Å². The SMILES string of the molecule is CC(C)[C@@H]1CC2CCC1N(C(C)C)C2. The lowest BCUT2D eigenvalue weighted by molar-refractivity contribution is -0.0343. The highest BCUT2D eigenvalue weighted by Gasteiger charge is 2.42. The normalized spacial score (nSPS) is 38.6. The van der Waals surface area contributed by atoms with E-state index in [0.29, 0.717) is 0 Å². The topological polar surface area (TPSA) is 3.24 Å². The average Bonchev–Trinajstić information content (AvgIpc) is 2.18. The lowest BCUT2D eigenvalue weighted by Gasteiger charge is -2.53. The lowest BCUT2D eigenvalue weighted by Crippen LogP contribution is -2.56. The summed E-state index contributed by atoms with van der Waals surface area (Å²) in [4.78, 5) is 2.77. The van der Waals surface area contributed by atoms with Gasteiger partial charge >= 0.3 is 0 Å². The number of piperidine rings is 2. The second-order valence-electron chi connectivity index (χ2n) is 5.94. The number of rotatable bonds is 2. The zero-order valence-corrected chi connectivity index (χ0v) is 10.2. The summed E-state index contributed by atoms with van der Waals surface area (Å²) in [5, 5.41) is 0. The molecule has 0 aromatic rings. The molecule has 0 spiro atoms. The Morgan fingerprint density at radius 2 is 1.79 bits per heavy atom. The van der Waals surface area contributed by atoms with E-state index in [1.54, 1.807) is 0 Å². The Bertz CT molecular complexity index is 179. The van der Waals surface area contributed by atoms with Crippen molar-refractivity contribution in [2.75, 3.05) is 6.54 Å². The fraction of sp³-hybridized carbons (Fsp3) is 1.00. The summed E-state index contributed by atoms with van der Waals surface area (Å²) in [5.74, 6) is 2.86. The van der Waals surface area contributed by atoms with E-state index in [2.05, 4.69) is 32.6 Å². The molecule has 1 aliphatic carbocycles. The summed E-state index contributed by atoms with van der Waals surface area (Å²) in [6.45, 7) is 10.9. The number of nitrogens with zero attached hydrogens (tertiary/aromatic N) is 1. The van der Waals surface area contributed by atoms with Gasteiger partial charge in [-0.05, 0) is 50.9 Å². The third-order valence-corrected chi connectivity index (χ3v) is 4.39. The maximum absolute atomic E-state index is 2.77. The Kier molecular flexibility index (Phi) is 2.88. The van der Waals surface area contributed by atoms with Gasteiger partial charge in [0.2, 0.25) is 0 Å². The Morgan fingerprint density at radius 1 is 1.07 bits per heavy atom. The molecule has 3 fully saturated rings. The van der Waals surface area contributed by atoms with Crippen LogP contribution in [0.15, 0.2) is 0 Å². The number of fused-ring (bicyclic) bond motifs is 3. The van der Waals surface area contributed by atoms with Gasteiger partial charge in [-0.2, -0.15) is 0 Å². The Labute approximate surface area is 88.9 Å². The third kappa shape index (κ3) is 1.71. The van der Waals surface area contributed by atoms with Gasteiger partial charge < -0.3 is 0 Å². The van der Waals surface area contributed by atoms with Crippen LogP contribution in [0, 0.1) is 17.8 Å². The summed E-state index contributed by atoms with van der Waals surface area (Å²) in [6, 6.07) is 1.66. The summed E-state index contributed by atoms with van der Waals surface area (Å²) >= 11 is 0. The molecule has 0 N–H and O–H groups in total. The van der Waals surface area contributed by atoms with Crippen LogP contribution >= 0.6 is 0 Å². The van der Waals surface area contributed by atoms with Crippen molar-refractivity contribution >= 4 is 0 Å². The van der Waals surface area contributed by atoms with E-state index in [1.165, 1.54) is 25.8 Å². The second kappa shape index (κ2) is 3.84. The maximum atomic E-state index is 2.77. The molecule has 2 heterocycles. The van der Waals surface area contributed by atoms with E-state index in [9.17, 15) is 0 Å². The van der Waals surface area contributed by atoms with Crippen molar-refractivity contribution in [2.45, 2.75) is 59.0 Å². The number of hydrogen-bond donors (Lipinski definition) is 0.